The van der Waals surface area contributed by atoms with Crippen LogP contribution in [0, 0.1) is 11.6 Å². The van der Waals surface area contributed by atoms with Crippen molar-refractivity contribution in [3.05, 3.63) is 108 Å². The van der Waals surface area contributed by atoms with Gasteiger partial charge in [-0.25, -0.2) is 8.78 Å². The first kappa shape index (κ1) is 25.9. The minimum atomic E-state index is -3.75. The molecule has 0 fully saturated rings. The summed E-state index contributed by atoms with van der Waals surface area (Å²) < 4.78 is 104. The van der Waals surface area contributed by atoms with E-state index in [9.17, 15) is 30.7 Å². The van der Waals surface area contributed by atoms with Crippen molar-refractivity contribution in [1.82, 2.24) is 0 Å². The number of halogens is 7. The number of ether oxygens (including phenoxy) is 2. The fraction of sp³-hybridized carbons (Fsp3) is 0.154. The molecule has 3 rings (SSSR count). The van der Waals surface area contributed by atoms with E-state index in [1.165, 1.54) is 12.1 Å². The molecule has 0 saturated carbocycles. The van der Waals surface area contributed by atoms with Gasteiger partial charge in [0.2, 0.25) is 0 Å². The standard InChI is InChI=1S/C26H19F7O2/c1-2-3-4-5-16-6-9-18(10-7-16)26(32,33)35-19-11-12-20(21(27)15-19)17-8-13-23(22(28)14-17)34-25(31)24(29)30/h3-4,6-15H,2,5H2,1H3. The minimum Gasteiger partial charge on any atom is -0.429 e. The lowest BCUT2D eigenvalue weighted by Crippen LogP contribution is -2.21. The van der Waals surface area contributed by atoms with Crippen molar-refractivity contribution >= 4 is 0 Å². The van der Waals surface area contributed by atoms with Gasteiger partial charge in [0.15, 0.2) is 11.6 Å². The van der Waals surface area contributed by atoms with Gasteiger partial charge in [0, 0.05) is 11.6 Å². The highest BCUT2D eigenvalue weighted by Crippen LogP contribution is 2.35. The number of benzene rings is 3. The molecule has 0 saturated heterocycles. The first-order valence-corrected chi connectivity index (χ1v) is 10.4. The predicted octanol–water partition coefficient (Wildman–Crippen LogP) is 8.68. The Kier molecular flexibility index (Phi) is 8.22. The smallest absolute Gasteiger partial charge is 0.426 e. The van der Waals surface area contributed by atoms with Crippen LogP contribution in [0.1, 0.15) is 24.5 Å². The Morgan fingerprint density at radius 3 is 2.17 bits per heavy atom. The first-order valence-electron chi connectivity index (χ1n) is 10.4. The van der Waals surface area contributed by atoms with Crippen LogP contribution in [-0.2, 0) is 12.5 Å². The normalized spacial score (nSPS) is 11.5. The Bertz CT molecular complexity index is 1230. The number of allylic oxidation sites excluding steroid dienone is 2. The van der Waals surface area contributed by atoms with Gasteiger partial charge < -0.3 is 9.47 Å². The van der Waals surface area contributed by atoms with Crippen molar-refractivity contribution < 1.29 is 40.2 Å². The maximum absolute atomic E-state index is 14.6. The molecule has 0 bridgehead atoms. The van der Waals surface area contributed by atoms with E-state index < -0.39 is 46.9 Å². The Labute approximate surface area is 196 Å². The third kappa shape index (κ3) is 6.65. The summed E-state index contributed by atoms with van der Waals surface area (Å²) in [7, 11) is 0. The molecule has 0 aromatic heterocycles. The molecule has 0 amide bonds. The fourth-order valence-electron chi connectivity index (χ4n) is 3.11. The monoisotopic (exact) mass is 496 g/mol. The van der Waals surface area contributed by atoms with Crippen LogP contribution >= 0.6 is 0 Å². The van der Waals surface area contributed by atoms with Crippen molar-refractivity contribution in [2.45, 2.75) is 25.9 Å². The lowest BCUT2D eigenvalue weighted by molar-refractivity contribution is -0.185. The average Bonchev–Trinajstić information content (AvgIpc) is 2.80. The molecule has 2 nitrogen and oxygen atoms in total. The lowest BCUT2D eigenvalue weighted by Gasteiger charge is -2.19. The summed E-state index contributed by atoms with van der Waals surface area (Å²) in [6, 6.07) is 8.76. The number of hydrogen-bond acceptors (Lipinski definition) is 2. The van der Waals surface area contributed by atoms with E-state index in [0.29, 0.717) is 12.5 Å². The van der Waals surface area contributed by atoms with Crippen LogP contribution in [0.5, 0.6) is 11.5 Å². The van der Waals surface area contributed by atoms with Crippen LogP contribution in [0.4, 0.5) is 30.7 Å². The summed E-state index contributed by atoms with van der Waals surface area (Å²) in [4.78, 5) is 0. The van der Waals surface area contributed by atoms with Crippen LogP contribution in [0.25, 0.3) is 11.1 Å². The third-order valence-electron chi connectivity index (χ3n) is 4.82. The van der Waals surface area contributed by atoms with Gasteiger partial charge in [0.1, 0.15) is 11.6 Å². The van der Waals surface area contributed by atoms with Gasteiger partial charge in [-0.3, -0.25) is 0 Å². The lowest BCUT2D eigenvalue weighted by atomic mass is 10.0. The van der Waals surface area contributed by atoms with Crippen molar-refractivity contribution in [3.8, 4) is 22.6 Å². The first-order chi connectivity index (χ1) is 16.6. The van der Waals surface area contributed by atoms with Crippen molar-refractivity contribution in [1.29, 1.82) is 0 Å². The van der Waals surface area contributed by atoms with Gasteiger partial charge >= 0.3 is 18.2 Å². The molecular weight excluding hydrogens is 477 g/mol. The molecule has 35 heavy (non-hydrogen) atoms. The molecule has 0 aliphatic heterocycles. The van der Waals surface area contributed by atoms with E-state index >= 15 is 0 Å². The highest BCUT2D eigenvalue weighted by molar-refractivity contribution is 5.66. The fourth-order valence-corrected chi connectivity index (χ4v) is 3.11. The topological polar surface area (TPSA) is 18.5 Å². The molecule has 0 atom stereocenters. The Hall–Kier alpha value is -3.75. The SMILES string of the molecule is CCC=CCc1ccc(C(F)(F)Oc2ccc(-c3ccc(OC(F)=C(F)F)c(F)c3)c(F)c2)cc1. The Balaban J connectivity index is 1.76. The molecule has 0 heterocycles. The van der Waals surface area contributed by atoms with Gasteiger partial charge in [-0.05, 0) is 60.4 Å². The van der Waals surface area contributed by atoms with Crippen molar-refractivity contribution in [2.75, 3.05) is 0 Å². The number of hydrogen-bond donors (Lipinski definition) is 0. The molecule has 0 aliphatic rings. The van der Waals surface area contributed by atoms with E-state index in [4.69, 9.17) is 4.74 Å². The molecule has 9 heteroatoms. The molecule has 3 aromatic carbocycles. The zero-order valence-electron chi connectivity index (χ0n) is 18.3. The quantitative estimate of drug-likeness (QED) is 0.168. The van der Waals surface area contributed by atoms with E-state index in [0.717, 1.165) is 42.3 Å². The molecule has 0 aliphatic carbocycles. The zero-order valence-corrected chi connectivity index (χ0v) is 18.3. The maximum Gasteiger partial charge on any atom is 0.426 e. The number of rotatable bonds is 9. The van der Waals surface area contributed by atoms with Gasteiger partial charge in [-0.2, -0.15) is 22.0 Å². The van der Waals surface area contributed by atoms with Crippen LogP contribution in [-0.4, -0.2) is 0 Å². The van der Waals surface area contributed by atoms with Crippen molar-refractivity contribution in [3.63, 3.8) is 0 Å². The van der Waals surface area contributed by atoms with E-state index in [1.807, 2.05) is 19.1 Å². The Morgan fingerprint density at radius 2 is 1.57 bits per heavy atom. The van der Waals surface area contributed by atoms with E-state index in [2.05, 4.69) is 4.74 Å². The highest BCUT2D eigenvalue weighted by Gasteiger charge is 2.34. The maximum atomic E-state index is 14.6. The highest BCUT2D eigenvalue weighted by atomic mass is 19.3. The average molecular weight is 496 g/mol. The molecule has 184 valence electrons. The second-order valence-corrected chi connectivity index (χ2v) is 7.32. The van der Waals surface area contributed by atoms with E-state index in [1.54, 1.807) is 12.1 Å². The van der Waals surface area contributed by atoms with Crippen LogP contribution in [0.3, 0.4) is 0 Å². The largest absolute Gasteiger partial charge is 0.429 e. The molecule has 0 unspecified atom stereocenters. The van der Waals surface area contributed by atoms with Gasteiger partial charge in [0.05, 0.1) is 5.56 Å². The molecule has 0 N–H and O–H groups in total. The number of alkyl halides is 2. The summed E-state index contributed by atoms with van der Waals surface area (Å²) in [6.45, 7) is 1.98. The molecule has 0 spiro atoms. The minimum absolute atomic E-state index is 0.0662. The van der Waals surface area contributed by atoms with Crippen LogP contribution in [0.15, 0.2) is 84.9 Å². The van der Waals surface area contributed by atoms with Crippen LogP contribution < -0.4 is 9.47 Å². The summed E-state index contributed by atoms with van der Waals surface area (Å²) in [5, 5.41) is 0. The zero-order chi connectivity index (χ0) is 25.6. The van der Waals surface area contributed by atoms with Crippen molar-refractivity contribution in [2.24, 2.45) is 0 Å². The summed E-state index contributed by atoms with van der Waals surface area (Å²) in [5.74, 6) is -3.56. The summed E-state index contributed by atoms with van der Waals surface area (Å²) in [5.41, 5.74) is 0.155. The summed E-state index contributed by atoms with van der Waals surface area (Å²) >= 11 is 0. The van der Waals surface area contributed by atoms with Gasteiger partial charge in [0.25, 0.3) is 0 Å². The van der Waals surface area contributed by atoms with Gasteiger partial charge in [-0.15, -0.1) is 0 Å². The van der Waals surface area contributed by atoms with Crippen LogP contribution in [0.2, 0.25) is 0 Å². The predicted molar refractivity (Wildman–Crippen MR) is 117 cm³/mol. The second-order valence-electron chi connectivity index (χ2n) is 7.32. The summed E-state index contributed by atoms with van der Waals surface area (Å²) in [6.07, 6.45) is -1.16. The molecule has 0 radical (unpaired) electrons. The third-order valence-corrected chi connectivity index (χ3v) is 4.82. The second kappa shape index (κ2) is 11.1. The van der Waals surface area contributed by atoms with E-state index in [-0.39, 0.29) is 11.1 Å². The van der Waals surface area contributed by atoms with Gasteiger partial charge in [-0.1, -0.05) is 37.3 Å². The molecular formula is C26H19F7O2. The Morgan fingerprint density at radius 1 is 0.857 bits per heavy atom. The molecule has 3 aromatic rings.